The van der Waals surface area contributed by atoms with Gasteiger partial charge in [-0.1, -0.05) is 38.1 Å². The molecule has 3 unspecified atom stereocenters. The molecule has 2 aromatic rings. The molecule has 9 nitrogen and oxygen atoms in total. The number of carbonyl (C=O) groups is 4. The van der Waals surface area contributed by atoms with Crippen molar-refractivity contribution in [2.75, 3.05) is 7.11 Å². The van der Waals surface area contributed by atoms with Gasteiger partial charge in [-0.15, -0.1) is 0 Å². The molecule has 0 spiro atoms. The van der Waals surface area contributed by atoms with Gasteiger partial charge in [0, 0.05) is 0 Å². The van der Waals surface area contributed by atoms with E-state index in [1.807, 2.05) is 0 Å². The summed E-state index contributed by atoms with van der Waals surface area (Å²) in [6.07, 6.45) is -5.22. The summed E-state index contributed by atoms with van der Waals surface area (Å²) in [6, 6.07) is 5.81. The van der Waals surface area contributed by atoms with Gasteiger partial charge >= 0.3 is 12.8 Å². The van der Waals surface area contributed by atoms with Crippen molar-refractivity contribution >= 4 is 23.5 Å². The van der Waals surface area contributed by atoms with Crippen LogP contribution in [0.3, 0.4) is 0 Å². The van der Waals surface area contributed by atoms with Gasteiger partial charge in [-0.2, -0.15) is 22.0 Å². The third-order valence-corrected chi connectivity index (χ3v) is 5.61. The Kier molecular flexibility index (Phi) is 11.0. The quantitative estimate of drug-likeness (QED) is 0.334. The van der Waals surface area contributed by atoms with Crippen LogP contribution in [0.1, 0.15) is 42.7 Å². The Morgan fingerprint density at radius 2 is 1.43 bits per heavy atom. The van der Waals surface area contributed by atoms with Crippen molar-refractivity contribution in [3.8, 4) is 11.5 Å². The predicted molar refractivity (Wildman–Crippen MR) is 132 cm³/mol. The van der Waals surface area contributed by atoms with Crippen LogP contribution in [-0.4, -0.2) is 55.5 Å². The van der Waals surface area contributed by atoms with Crippen LogP contribution in [-0.2, 0) is 14.4 Å². The van der Waals surface area contributed by atoms with Crippen molar-refractivity contribution in [1.82, 2.24) is 16.0 Å². The van der Waals surface area contributed by atoms with Gasteiger partial charge in [-0.05, 0) is 42.7 Å². The number of benzene rings is 2. The second-order valence-electron chi connectivity index (χ2n) is 8.88. The molecule has 0 aliphatic heterocycles. The van der Waals surface area contributed by atoms with Crippen molar-refractivity contribution < 1.29 is 50.6 Å². The predicted octanol–water partition coefficient (Wildman–Crippen LogP) is 3.54. The van der Waals surface area contributed by atoms with Crippen LogP contribution in [0.5, 0.6) is 11.5 Å². The summed E-state index contributed by atoms with van der Waals surface area (Å²) in [6.45, 7) is 0.639. The van der Waals surface area contributed by atoms with Crippen LogP contribution in [0.4, 0.5) is 22.0 Å². The number of alkyl halides is 5. The second kappa shape index (κ2) is 13.7. The van der Waals surface area contributed by atoms with E-state index in [1.54, 1.807) is 0 Å². The molecular weight excluding hydrogens is 545 g/mol. The zero-order valence-electron chi connectivity index (χ0n) is 21.8. The largest absolute Gasteiger partial charge is 0.497 e. The third kappa shape index (κ3) is 8.64. The van der Waals surface area contributed by atoms with Gasteiger partial charge in [-0.3, -0.25) is 19.2 Å². The first-order valence-electron chi connectivity index (χ1n) is 11.9. The number of ketones is 1. The van der Waals surface area contributed by atoms with Crippen LogP contribution in [0.2, 0.25) is 0 Å². The monoisotopic (exact) mass is 573 g/mol. The van der Waals surface area contributed by atoms with Gasteiger partial charge in [0.1, 0.15) is 23.6 Å². The summed E-state index contributed by atoms with van der Waals surface area (Å²) >= 11 is 0. The van der Waals surface area contributed by atoms with E-state index in [1.165, 1.54) is 70.3 Å². The standard InChI is InChI=1S/C26H28F5N3O6/c1-13(2)19(21(35)26(29,30)31)33-24(38)20(15-9-11-16(39-4)12-10-15)34-22(36)14(3)32-23(37)17-7-5-6-8-18(17)40-25(27)28/h5-14,19-20,25H,1-4H3,(H,32,37)(H,33,38)(H,34,36). The molecule has 0 saturated carbocycles. The molecule has 0 aromatic heterocycles. The molecule has 3 amide bonds. The summed E-state index contributed by atoms with van der Waals surface area (Å²) in [5.74, 6) is -6.18. The number of methoxy groups -OCH3 is 1. The fraction of sp³-hybridized carbons (Fsp3) is 0.385. The first kappa shape index (κ1) is 32.0. The van der Waals surface area contributed by atoms with Crippen molar-refractivity contribution in [2.24, 2.45) is 5.92 Å². The number of para-hydroxylation sites is 1. The number of hydrogen-bond acceptors (Lipinski definition) is 6. The van der Waals surface area contributed by atoms with Gasteiger partial charge in [-0.25, -0.2) is 0 Å². The van der Waals surface area contributed by atoms with E-state index in [0.29, 0.717) is 5.75 Å². The van der Waals surface area contributed by atoms with E-state index in [4.69, 9.17) is 4.74 Å². The van der Waals surface area contributed by atoms with Gasteiger partial charge in [0.25, 0.3) is 11.7 Å². The molecular formula is C26H28F5N3O6. The Labute approximate surface area is 226 Å². The Morgan fingerprint density at radius 3 is 1.95 bits per heavy atom. The highest BCUT2D eigenvalue weighted by Crippen LogP contribution is 2.24. The average Bonchev–Trinajstić information content (AvgIpc) is 2.88. The summed E-state index contributed by atoms with van der Waals surface area (Å²) < 4.78 is 74.1. The SMILES string of the molecule is COc1ccc(C(NC(=O)C(C)NC(=O)c2ccccc2OC(F)F)C(=O)NC(C(=O)C(F)(F)F)C(C)C)cc1. The second-order valence-corrected chi connectivity index (χ2v) is 8.88. The maximum atomic E-state index is 13.1. The molecule has 0 saturated heterocycles. The number of rotatable bonds is 12. The van der Waals surface area contributed by atoms with E-state index in [2.05, 4.69) is 20.7 Å². The van der Waals surface area contributed by atoms with Gasteiger partial charge < -0.3 is 25.4 Å². The Balaban J connectivity index is 2.29. The fourth-order valence-electron chi connectivity index (χ4n) is 3.50. The number of halogens is 5. The maximum absolute atomic E-state index is 13.1. The summed E-state index contributed by atoms with van der Waals surface area (Å²) in [5.41, 5.74) is -0.167. The lowest BCUT2D eigenvalue weighted by molar-refractivity contribution is -0.175. The van der Waals surface area contributed by atoms with E-state index in [-0.39, 0.29) is 11.1 Å². The molecule has 0 aliphatic carbocycles. The number of carbonyl (C=O) groups excluding carboxylic acids is 4. The first-order valence-corrected chi connectivity index (χ1v) is 11.9. The Morgan fingerprint density at radius 1 is 0.825 bits per heavy atom. The van der Waals surface area contributed by atoms with Crippen LogP contribution in [0.25, 0.3) is 0 Å². The van der Waals surface area contributed by atoms with E-state index in [0.717, 1.165) is 6.07 Å². The maximum Gasteiger partial charge on any atom is 0.452 e. The zero-order valence-corrected chi connectivity index (χ0v) is 21.8. The molecule has 218 valence electrons. The van der Waals surface area contributed by atoms with E-state index < -0.39 is 66.1 Å². The number of Topliss-reactive ketones (excluding diaryl/α,β-unsaturated/α-hetero) is 1. The lowest BCUT2D eigenvalue weighted by atomic mass is 9.97. The van der Waals surface area contributed by atoms with Crippen LogP contribution < -0.4 is 25.4 Å². The molecule has 40 heavy (non-hydrogen) atoms. The molecule has 3 N–H and O–H groups in total. The zero-order chi connectivity index (χ0) is 30.2. The van der Waals surface area contributed by atoms with E-state index >= 15 is 0 Å². The Hall–Kier alpha value is -4.23. The lowest BCUT2D eigenvalue weighted by Gasteiger charge is -2.26. The fourth-order valence-corrected chi connectivity index (χ4v) is 3.50. The molecule has 14 heteroatoms. The molecule has 0 heterocycles. The highest BCUT2D eigenvalue weighted by molar-refractivity contribution is 6.00. The number of amides is 3. The van der Waals surface area contributed by atoms with Crippen LogP contribution in [0.15, 0.2) is 48.5 Å². The Bertz CT molecular complexity index is 1200. The van der Waals surface area contributed by atoms with Crippen molar-refractivity contribution in [2.45, 2.75) is 51.7 Å². The molecule has 0 fully saturated rings. The first-order chi connectivity index (χ1) is 18.6. The summed E-state index contributed by atoms with van der Waals surface area (Å²) in [7, 11) is 1.38. The van der Waals surface area contributed by atoms with Crippen LogP contribution in [0, 0.1) is 5.92 Å². The van der Waals surface area contributed by atoms with Crippen molar-refractivity contribution in [3.63, 3.8) is 0 Å². The highest BCUT2D eigenvalue weighted by atomic mass is 19.4. The minimum absolute atomic E-state index is 0.128. The highest BCUT2D eigenvalue weighted by Gasteiger charge is 2.45. The number of ether oxygens (including phenoxy) is 2. The molecule has 2 aromatic carbocycles. The van der Waals surface area contributed by atoms with Gasteiger partial charge in [0.2, 0.25) is 11.8 Å². The molecule has 2 rings (SSSR count). The van der Waals surface area contributed by atoms with Crippen molar-refractivity contribution in [1.29, 1.82) is 0 Å². The minimum Gasteiger partial charge on any atom is -0.497 e. The van der Waals surface area contributed by atoms with Gasteiger partial charge in [0.05, 0.1) is 18.7 Å². The number of nitrogens with one attached hydrogen (secondary N) is 3. The molecule has 0 aliphatic rings. The topological polar surface area (TPSA) is 123 Å². The van der Waals surface area contributed by atoms with Crippen LogP contribution >= 0.6 is 0 Å². The molecule has 0 radical (unpaired) electrons. The average molecular weight is 574 g/mol. The smallest absolute Gasteiger partial charge is 0.452 e. The molecule has 0 bridgehead atoms. The minimum atomic E-state index is -5.22. The van der Waals surface area contributed by atoms with Gasteiger partial charge in [0.15, 0.2) is 0 Å². The van der Waals surface area contributed by atoms with E-state index in [9.17, 15) is 41.1 Å². The normalized spacial score (nSPS) is 13.7. The third-order valence-electron chi connectivity index (χ3n) is 5.61. The summed E-state index contributed by atoms with van der Waals surface area (Å²) in [4.78, 5) is 50.7. The molecule has 3 atom stereocenters. The lowest BCUT2D eigenvalue weighted by Crippen LogP contribution is -2.54. The number of hydrogen-bond donors (Lipinski definition) is 3. The van der Waals surface area contributed by atoms with Crippen molar-refractivity contribution in [3.05, 3.63) is 59.7 Å². The summed E-state index contributed by atoms with van der Waals surface area (Å²) in [5, 5.41) is 6.69.